The third kappa shape index (κ3) is 2.40. The van der Waals surface area contributed by atoms with Gasteiger partial charge in [-0.2, -0.15) is 0 Å². The van der Waals surface area contributed by atoms with Crippen LogP contribution in [0.4, 0.5) is 5.82 Å². The number of H-pyrrole nitrogens is 1. The lowest BCUT2D eigenvalue weighted by atomic mass is 10.2. The molecule has 0 bridgehead atoms. The molecule has 0 amide bonds. The van der Waals surface area contributed by atoms with E-state index in [-0.39, 0.29) is 12.4 Å². The number of nitrogen functional groups attached to an aromatic ring is 1. The Morgan fingerprint density at radius 3 is 2.76 bits per heavy atom. The Morgan fingerprint density at radius 1 is 1.24 bits per heavy atom. The van der Waals surface area contributed by atoms with Crippen LogP contribution in [-0.2, 0) is 6.54 Å². The molecule has 3 aromatic rings. The summed E-state index contributed by atoms with van der Waals surface area (Å²) in [5.74, 6) is 0.546. The third-order valence-electron chi connectivity index (χ3n) is 3.21. The number of hydrogen-bond donors (Lipinski definition) is 2. The predicted octanol–water partition coefficient (Wildman–Crippen LogP) is 0.419. The molecule has 0 atom stereocenters. The highest BCUT2D eigenvalue weighted by Gasteiger charge is 2.08. The van der Waals surface area contributed by atoms with Crippen LogP contribution in [0, 0.1) is 6.92 Å². The number of fused-ring (bicyclic) bond motifs is 1. The van der Waals surface area contributed by atoms with E-state index in [1.807, 2.05) is 31.2 Å². The molecule has 0 saturated carbocycles. The van der Waals surface area contributed by atoms with Gasteiger partial charge in [0.05, 0.1) is 12.1 Å². The van der Waals surface area contributed by atoms with E-state index in [1.165, 1.54) is 4.57 Å². The highest BCUT2D eigenvalue weighted by molar-refractivity contribution is 5.80. The molecule has 1 aromatic carbocycles. The third-order valence-corrected chi connectivity index (χ3v) is 3.21. The number of anilines is 1. The van der Waals surface area contributed by atoms with Crippen molar-refractivity contribution in [2.45, 2.75) is 13.5 Å². The molecular formula is C14H13N5O2. The molecule has 0 radical (unpaired) electrons. The van der Waals surface area contributed by atoms with Gasteiger partial charge in [0.25, 0.3) is 5.56 Å². The lowest BCUT2D eigenvalue weighted by molar-refractivity contribution is 0.697. The zero-order chi connectivity index (χ0) is 15.0. The number of aromatic amines is 1. The van der Waals surface area contributed by atoms with E-state index in [0.29, 0.717) is 5.82 Å². The summed E-state index contributed by atoms with van der Waals surface area (Å²) in [6.07, 6.45) is 0. The minimum atomic E-state index is -0.575. The maximum Gasteiger partial charge on any atom is 0.330 e. The van der Waals surface area contributed by atoms with Crippen LogP contribution in [0.3, 0.4) is 0 Å². The average molecular weight is 283 g/mol. The molecule has 0 fully saturated rings. The highest BCUT2D eigenvalue weighted by Crippen LogP contribution is 2.15. The van der Waals surface area contributed by atoms with Crippen LogP contribution in [-0.4, -0.2) is 19.5 Å². The van der Waals surface area contributed by atoms with Gasteiger partial charge in [-0.25, -0.2) is 14.8 Å². The number of aromatic nitrogens is 4. The Balaban J connectivity index is 2.11. The van der Waals surface area contributed by atoms with Gasteiger partial charge in [-0.1, -0.05) is 18.2 Å². The van der Waals surface area contributed by atoms with E-state index >= 15 is 0 Å². The van der Waals surface area contributed by atoms with Crippen LogP contribution >= 0.6 is 0 Å². The summed E-state index contributed by atoms with van der Waals surface area (Å²) in [6.45, 7) is 1.99. The summed E-state index contributed by atoms with van der Waals surface area (Å²) in [6, 6.07) is 8.79. The number of para-hydroxylation sites is 1. The number of nitrogens with zero attached hydrogens (tertiary/aromatic N) is 3. The monoisotopic (exact) mass is 283 g/mol. The zero-order valence-corrected chi connectivity index (χ0v) is 11.3. The molecule has 7 nitrogen and oxygen atoms in total. The van der Waals surface area contributed by atoms with Crippen molar-refractivity contribution in [3.63, 3.8) is 0 Å². The standard InChI is InChI=1S/C14H13N5O2/c1-8-9-4-2-3-5-10(9)17-12(16-8)7-19-11(15)6-13(20)18-14(19)21/h2-6H,7,15H2,1H3,(H,18,20,21). The number of aryl methyl sites for hydroxylation is 1. The van der Waals surface area contributed by atoms with Crippen LogP contribution < -0.4 is 17.0 Å². The fourth-order valence-corrected chi connectivity index (χ4v) is 2.21. The molecule has 0 aliphatic heterocycles. The maximum absolute atomic E-state index is 11.8. The van der Waals surface area contributed by atoms with Crippen LogP contribution in [0.25, 0.3) is 10.9 Å². The van der Waals surface area contributed by atoms with Crippen molar-refractivity contribution in [3.05, 3.63) is 62.7 Å². The van der Waals surface area contributed by atoms with Crippen molar-refractivity contribution in [2.24, 2.45) is 0 Å². The van der Waals surface area contributed by atoms with Crippen molar-refractivity contribution < 1.29 is 0 Å². The normalized spacial score (nSPS) is 10.9. The number of rotatable bonds is 2. The summed E-state index contributed by atoms with van der Waals surface area (Å²) in [5.41, 5.74) is 6.24. The Labute approximate surface area is 119 Å². The lowest BCUT2D eigenvalue weighted by Crippen LogP contribution is -2.32. The first-order valence-corrected chi connectivity index (χ1v) is 6.36. The second kappa shape index (κ2) is 4.86. The Morgan fingerprint density at radius 2 is 2.00 bits per heavy atom. The molecule has 2 aromatic heterocycles. The fourth-order valence-electron chi connectivity index (χ4n) is 2.21. The molecule has 0 unspecified atom stereocenters. The Kier molecular flexibility index (Phi) is 3.02. The molecule has 0 aliphatic carbocycles. The van der Waals surface area contributed by atoms with Gasteiger partial charge in [0.1, 0.15) is 11.6 Å². The first-order chi connectivity index (χ1) is 10.0. The highest BCUT2D eigenvalue weighted by atomic mass is 16.2. The van der Waals surface area contributed by atoms with Gasteiger partial charge in [-0.3, -0.25) is 14.3 Å². The second-order valence-corrected chi connectivity index (χ2v) is 4.69. The second-order valence-electron chi connectivity index (χ2n) is 4.69. The van der Waals surface area contributed by atoms with Crippen molar-refractivity contribution >= 4 is 16.7 Å². The smallest absolute Gasteiger partial charge is 0.330 e. The van der Waals surface area contributed by atoms with Crippen molar-refractivity contribution in [3.8, 4) is 0 Å². The minimum absolute atomic E-state index is 0.0816. The van der Waals surface area contributed by atoms with Gasteiger partial charge in [-0.05, 0) is 13.0 Å². The van der Waals surface area contributed by atoms with Crippen molar-refractivity contribution in [1.29, 1.82) is 0 Å². The molecule has 3 rings (SSSR count). The van der Waals surface area contributed by atoms with E-state index in [0.717, 1.165) is 22.7 Å². The SMILES string of the molecule is Cc1nc(Cn2c(N)cc(=O)[nH]c2=O)nc2ccccc12. The van der Waals surface area contributed by atoms with E-state index in [9.17, 15) is 9.59 Å². The minimum Gasteiger partial charge on any atom is -0.385 e. The van der Waals surface area contributed by atoms with Crippen molar-refractivity contribution in [1.82, 2.24) is 19.5 Å². The molecule has 21 heavy (non-hydrogen) atoms. The molecule has 0 saturated heterocycles. The molecule has 0 aliphatic rings. The van der Waals surface area contributed by atoms with Gasteiger partial charge in [0.15, 0.2) is 0 Å². The zero-order valence-electron chi connectivity index (χ0n) is 11.3. The topological polar surface area (TPSA) is 107 Å². The van der Waals surface area contributed by atoms with Crippen LogP contribution in [0.5, 0.6) is 0 Å². The first-order valence-electron chi connectivity index (χ1n) is 6.36. The maximum atomic E-state index is 11.8. The molecule has 2 heterocycles. The van der Waals surface area contributed by atoms with E-state index in [1.54, 1.807) is 0 Å². The number of nitrogens with one attached hydrogen (secondary N) is 1. The summed E-state index contributed by atoms with van der Waals surface area (Å²) < 4.78 is 1.23. The summed E-state index contributed by atoms with van der Waals surface area (Å²) in [7, 11) is 0. The molecular weight excluding hydrogens is 270 g/mol. The number of hydrogen-bond acceptors (Lipinski definition) is 5. The Hall–Kier alpha value is -2.96. The van der Waals surface area contributed by atoms with Crippen LogP contribution in [0.2, 0.25) is 0 Å². The number of nitrogens with two attached hydrogens (primary N) is 1. The van der Waals surface area contributed by atoms with Gasteiger partial charge in [-0.15, -0.1) is 0 Å². The molecule has 0 spiro atoms. The van der Waals surface area contributed by atoms with Crippen molar-refractivity contribution in [2.75, 3.05) is 5.73 Å². The summed E-state index contributed by atoms with van der Waals surface area (Å²) in [5, 5.41) is 0.961. The first kappa shape index (κ1) is 13.0. The summed E-state index contributed by atoms with van der Waals surface area (Å²) >= 11 is 0. The van der Waals surface area contributed by atoms with Gasteiger partial charge >= 0.3 is 5.69 Å². The van der Waals surface area contributed by atoms with E-state index in [2.05, 4.69) is 15.0 Å². The average Bonchev–Trinajstić information content (AvgIpc) is 2.43. The quantitative estimate of drug-likeness (QED) is 0.708. The van der Waals surface area contributed by atoms with Crippen LogP contribution in [0.15, 0.2) is 39.9 Å². The van der Waals surface area contributed by atoms with Gasteiger partial charge in [0, 0.05) is 17.1 Å². The van der Waals surface area contributed by atoms with Crippen LogP contribution in [0.1, 0.15) is 11.5 Å². The van der Waals surface area contributed by atoms with Gasteiger partial charge in [0.2, 0.25) is 0 Å². The number of benzene rings is 1. The lowest BCUT2D eigenvalue weighted by Gasteiger charge is -2.09. The van der Waals surface area contributed by atoms with Gasteiger partial charge < -0.3 is 5.73 Å². The summed E-state index contributed by atoms with van der Waals surface area (Å²) in [4.78, 5) is 33.9. The van der Waals surface area contributed by atoms with E-state index in [4.69, 9.17) is 5.73 Å². The molecule has 7 heteroatoms. The largest absolute Gasteiger partial charge is 0.385 e. The molecule has 3 N–H and O–H groups in total. The fraction of sp³-hybridized carbons (Fsp3) is 0.143. The Bertz CT molecular complexity index is 942. The predicted molar refractivity (Wildman–Crippen MR) is 79.1 cm³/mol. The van der Waals surface area contributed by atoms with E-state index < -0.39 is 11.2 Å². The molecule has 106 valence electrons.